The maximum Gasteiger partial charge on any atom is 0.239 e. The summed E-state index contributed by atoms with van der Waals surface area (Å²) < 4.78 is 47.4. The molecule has 8 nitrogen and oxygen atoms in total. The Morgan fingerprint density at radius 1 is 1.00 bits per heavy atom. The van der Waals surface area contributed by atoms with Crippen LogP contribution in [-0.2, 0) is 14.6 Å². The number of anilines is 1. The average molecular weight is 453 g/mol. The van der Waals surface area contributed by atoms with Crippen molar-refractivity contribution in [3.63, 3.8) is 0 Å². The minimum Gasteiger partial charge on any atom is -0.379 e. The largest absolute Gasteiger partial charge is 0.379 e. The van der Waals surface area contributed by atoms with E-state index in [9.17, 15) is 12.8 Å². The van der Waals surface area contributed by atoms with E-state index >= 15 is 0 Å². The Balaban J connectivity index is 1.67. The van der Waals surface area contributed by atoms with Crippen molar-refractivity contribution in [3.05, 3.63) is 72.7 Å². The molecule has 0 unspecified atom stereocenters. The molecule has 1 fully saturated rings. The zero-order chi connectivity index (χ0) is 22.1. The predicted octanol–water partition coefficient (Wildman–Crippen LogP) is 3.05. The molecule has 1 N–H and O–H groups in total. The summed E-state index contributed by atoms with van der Waals surface area (Å²) in [5.74, 6) is -0.0773. The van der Waals surface area contributed by atoms with Gasteiger partial charge in [0, 0.05) is 30.4 Å². The van der Waals surface area contributed by atoms with E-state index in [2.05, 4.69) is 15.4 Å². The summed E-state index contributed by atoms with van der Waals surface area (Å²) in [6.07, 6.45) is 1.58. The molecule has 2 aromatic carbocycles. The van der Waals surface area contributed by atoms with Gasteiger partial charge in [0.2, 0.25) is 15.8 Å². The molecule has 2 aromatic heterocycles. The summed E-state index contributed by atoms with van der Waals surface area (Å²) >= 11 is 0. The van der Waals surface area contributed by atoms with Gasteiger partial charge in [-0.3, -0.25) is 9.99 Å². The van der Waals surface area contributed by atoms with Gasteiger partial charge >= 0.3 is 0 Å². The predicted molar refractivity (Wildman–Crippen MR) is 117 cm³/mol. The summed E-state index contributed by atoms with van der Waals surface area (Å²) in [5, 5.41) is 2.52. The number of hydrazine groups is 1. The van der Waals surface area contributed by atoms with Gasteiger partial charge in [-0.05, 0) is 42.5 Å². The van der Waals surface area contributed by atoms with E-state index in [1.807, 2.05) is 5.01 Å². The number of halogens is 1. The molecule has 3 heterocycles. The van der Waals surface area contributed by atoms with Crippen LogP contribution in [0.4, 0.5) is 10.3 Å². The van der Waals surface area contributed by atoms with Crippen LogP contribution in [0.5, 0.6) is 0 Å². The van der Waals surface area contributed by atoms with Crippen LogP contribution in [0.1, 0.15) is 0 Å². The molecule has 0 spiro atoms. The van der Waals surface area contributed by atoms with E-state index in [4.69, 9.17) is 4.74 Å². The van der Waals surface area contributed by atoms with Crippen molar-refractivity contribution in [2.45, 2.75) is 9.92 Å². The first-order valence-corrected chi connectivity index (χ1v) is 11.5. The molecule has 5 rings (SSSR count). The molecule has 0 bridgehead atoms. The number of rotatable bonds is 5. The van der Waals surface area contributed by atoms with Gasteiger partial charge in [-0.25, -0.2) is 22.8 Å². The topological polar surface area (TPSA) is 89.3 Å². The summed E-state index contributed by atoms with van der Waals surface area (Å²) in [7, 11) is -3.88. The standard InChI is InChI=1S/C22H20FN5O3S/c23-17-6-8-18(9-7-17)28-20(32(29,30)19-4-2-1-3-5-19)14-16-15-24-22(25-21(16)28)26-27-10-12-31-13-11-27/h1-9,14-15H,10-13H2,(H,24,25,26). The number of hydrogen-bond donors (Lipinski definition) is 1. The van der Waals surface area contributed by atoms with Gasteiger partial charge < -0.3 is 4.74 Å². The second kappa shape index (κ2) is 8.30. The van der Waals surface area contributed by atoms with E-state index in [0.29, 0.717) is 49.0 Å². The van der Waals surface area contributed by atoms with Crippen molar-refractivity contribution < 1.29 is 17.5 Å². The zero-order valence-electron chi connectivity index (χ0n) is 17.0. The summed E-state index contributed by atoms with van der Waals surface area (Å²) in [6.45, 7) is 2.54. The SMILES string of the molecule is O=S(=O)(c1ccccc1)c1cc2cnc(NN3CCOCC3)nc2n1-c1ccc(F)cc1. The van der Waals surface area contributed by atoms with Crippen molar-refractivity contribution in [3.8, 4) is 5.69 Å². The third-order valence-electron chi connectivity index (χ3n) is 5.19. The molecular formula is C22H20FN5O3S. The van der Waals surface area contributed by atoms with Crippen LogP contribution in [0.2, 0.25) is 0 Å². The monoisotopic (exact) mass is 453 g/mol. The van der Waals surface area contributed by atoms with E-state index in [0.717, 1.165) is 0 Å². The summed E-state index contributed by atoms with van der Waals surface area (Å²) in [4.78, 5) is 9.10. The number of morpholine rings is 1. The van der Waals surface area contributed by atoms with E-state index in [-0.39, 0.29) is 9.92 Å². The Bertz CT molecular complexity index is 1350. The number of hydrogen-bond acceptors (Lipinski definition) is 7. The number of ether oxygens (including phenoxy) is 1. The van der Waals surface area contributed by atoms with Crippen LogP contribution in [0.25, 0.3) is 16.7 Å². The highest BCUT2D eigenvalue weighted by atomic mass is 32.2. The van der Waals surface area contributed by atoms with Gasteiger partial charge in [0.05, 0.1) is 18.1 Å². The minimum absolute atomic E-state index is 0.0307. The van der Waals surface area contributed by atoms with E-state index in [1.54, 1.807) is 42.6 Å². The van der Waals surface area contributed by atoms with E-state index in [1.165, 1.54) is 28.8 Å². The van der Waals surface area contributed by atoms with Crippen LogP contribution in [0, 0.1) is 5.82 Å². The average Bonchev–Trinajstić information content (AvgIpc) is 3.21. The number of nitrogens with zero attached hydrogens (tertiary/aromatic N) is 4. The van der Waals surface area contributed by atoms with E-state index < -0.39 is 15.7 Å². The van der Waals surface area contributed by atoms with Gasteiger partial charge in [-0.15, -0.1) is 0 Å². The lowest BCUT2D eigenvalue weighted by Crippen LogP contribution is -2.40. The zero-order valence-corrected chi connectivity index (χ0v) is 17.8. The Hall–Kier alpha value is -3.34. The Kier molecular flexibility index (Phi) is 5.33. The molecule has 1 aliphatic heterocycles. The lowest BCUT2D eigenvalue weighted by atomic mass is 10.3. The number of fused-ring (bicyclic) bond motifs is 1. The molecule has 0 radical (unpaired) electrons. The lowest BCUT2D eigenvalue weighted by molar-refractivity contribution is 0.0493. The van der Waals surface area contributed by atoms with Gasteiger partial charge in [0.15, 0.2) is 5.65 Å². The normalized spacial score (nSPS) is 15.2. The first-order chi connectivity index (χ1) is 15.5. The van der Waals surface area contributed by atoms with Crippen molar-refractivity contribution >= 4 is 26.8 Å². The molecule has 0 atom stereocenters. The van der Waals surface area contributed by atoms with Crippen LogP contribution in [-0.4, -0.2) is 54.3 Å². The molecule has 0 amide bonds. The fraction of sp³-hybridized carbons (Fsp3) is 0.182. The molecule has 0 aliphatic carbocycles. The maximum atomic E-state index is 13.6. The molecule has 1 saturated heterocycles. The first-order valence-electron chi connectivity index (χ1n) is 10.1. The highest BCUT2D eigenvalue weighted by Gasteiger charge is 2.26. The van der Waals surface area contributed by atoms with Crippen LogP contribution in [0.3, 0.4) is 0 Å². The fourth-order valence-corrected chi connectivity index (χ4v) is 5.06. The van der Waals surface area contributed by atoms with Crippen molar-refractivity contribution in [2.75, 3.05) is 31.7 Å². The molecule has 32 heavy (non-hydrogen) atoms. The van der Waals surface area contributed by atoms with Crippen molar-refractivity contribution in [1.29, 1.82) is 0 Å². The fourth-order valence-electron chi connectivity index (χ4n) is 3.59. The van der Waals surface area contributed by atoms with Gasteiger partial charge in [0.1, 0.15) is 10.8 Å². The van der Waals surface area contributed by atoms with Crippen LogP contribution in [0.15, 0.2) is 76.8 Å². The summed E-state index contributed by atoms with van der Waals surface area (Å²) in [5.41, 5.74) is 4.03. The highest BCUT2D eigenvalue weighted by Crippen LogP contribution is 2.30. The highest BCUT2D eigenvalue weighted by molar-refractivity contribution is 7.91. The molecule has 0 saturated carbocycles. The molecule has 164 valence electrons. The molecule has 4 aromatic rings. The minimum atomic E-state index is -3.88. The second-order valence-corrected chi connectivity index (χ2v) is 9.19. The molecular weight excluding hydrogens is 433 g/mol. The smallest absolute Gasteiger partial charge is 0.239 e. The second-order valence-electron chi connectivity index (χ2n) is 7.29. The van der Waals surface area contributed by atoms with Crippen LogP contribution < -0.4 is 5.43 Å². The van der Waals surface area contributed by atoms with Gasteiger partial charge in [0.25, 0.3) is 0 Å². The Morgan fingerprint density at radius 3 is 2.44 bits per heavy atom. The van der Waals surface area contributed by atoms with Gasteiger partial charge in [-0.1, -0.05) is 18.2 Å². The number of nitrogens with one attached hydrogen (secondary N) is 1. The molecule has 1 aliphatic rings. The van der Waals surface area contributed by atoms with Crippen molar-refractivity contribution in [2.24, 2.45) is 0 Å². The maximum absolute atomic E-state index is 13.6. The quantitative estimate of drug-likeness (QED) is 0.497. The Labute approximate surface area is 184 Å². The third kappa shape index (κ3) is 3.83. The molecule has 10 heteroatoms. The van der Waals surface area contributed by atoms with Crippen molar-refractivity contribution in [1.82, 2.24) is 19.5 Å². The number of benzene rings is 2. The first kappa shape index (κ1) is 20.6. The third-order valence-corrected chi connectivity index (χ3v) is 6.93. The number of aromatic nitrogens is 3. The van der Waals surface area contributed by atoms with Crippen LogP contribution >= 0.6 is 0 Å². The van der Waals surface area contributed by atoms with Gasteiger partial charge in [-0.2, -0.15) is 4.98 Å². The number of sulfone groups is 1. The Morgan fingerprint density at radius 2 is 1.72 bits per heavy atom. The summed E-state index contributed by atoms with van der Waals surface area (Å²) in [6, 6.07) is 15.3. The lowest BCUT2D eigenvalue weighted by Gasteiger charge is -2.26.